The Hall–Kier alpha value is -2.64. The Morgan fingerprint density at radius 2 is 1.96 bits per heavy atom. The van der Waals surface area contributed by atoms with Crippen molar-refractivity contribution in [2.75, 3.05) is 18.0 Å². The summed E-state index contributed by atoms with van der Waals surface area (Å²) in [5, 5.41) is 8.41. The molecule has 4 heterocycles. The van der Waals surface area contributed by atoms with Crippen LogP contribution in [0.5, 0.6) is 0 Å². The normalized spacial score (nSPS) is 18.7. The van der Waals surface area contributed by atoms with Gasteiger partial charge in [0.1, 0.15) is 11.6 Å². The van der Waals surface area contributed by atoms with Crippen molar-refractivity contribution in [3.63, 3.8) is 0 Å². The van der Waals surface area contributed by atoms with Crippen LogP contribution < -0.4 is 4.90 Å². The van der Waals surface area contributed by atoms with Gasteiger partial charge in [0.15, 0.2) is 5.65 Å². The van der Waals surface area contributed by atoms with E-state index in [1.54, 1.807) is 4.90 Å². The van der Waals surface area contributed by atoms with Crippen molar-refractivity contribution >= 4 is 11.5 Å². The van der Waals surface area contributed by atoms with E-state index in [9.17, 15) is 13.2 Å². The van der Waals surface area contributed by atoms with Gasteiger partial charge >= 0.3 is 6.18 Å². The summed E-state index contributed by atoms with van der Waals surface area (Å²) >= 11 is 0. The number of piperidine rings is 1. The molecule has 0 N–H and O–H groups in total. The Labute approximate surface area is 142 Å². The zero-order chi connectivity index (χ0) is 17.4. The van der Waals surface area contributed by atoms with Gasteiger partial charge in [-0.25, -0.2) is 4.98 Å². The number of hydrogen-bond acceptors (Lipinski definition) is 4. The molecule has 0 spiro atoms. The SMILES string of the molecule is FC(F)(F)c1cccnc1N1CCCC(c2nnc3ccccn23)C1. The lowest BCUT2D eigenvalue weighted by Crippen LogP contribution is -2.37. The lowest BCUT2D eigenvalue weighted by atomic mass is 9.96. The molecular weight excluding hydrogens is 331 g/mol. The Balaban J connectivity index is 1.66. The second-order valence-electron chi connectivity index (χ2n) is 6.14. The molecule has 3 aromatic heterocycles. The van der Waals surface area contributed by atoms with Crippen LogP contribution in [0.4, 0.5) is 19.0 Å². The topological polar surface area (TPSA) is 46.3 Å². The van der Waals surface area contributed by atoms with Crippen LogP contribution in [0.3, 0.4) is 0 Å². The van der Waals surface area contributed by atoms with E-state index in [4.69, 9.17) is 0 Å². The van der Waals surface area contributed by atoms with Crippen LogP contribution in [0.2, 0.25) is 0 Å². The average Bonchev–Trinajstić information content (AvgIpc) is 3.05. The van der Waals surface area contributed by atoms with Gasteiger partial charge in [0.25, 0.3) is 0 Å². The summed E-state index contributed by atoms with van der Waals surface area (Å²) in [5.74, 6) is 0.785. The summed E-state index contributed by atoms with van der Waals surface area (Å²) in [6.07, 6.45) is 0.505. The molecule has 0 bridgehead atoms. The zero-order valence-corrected chi connectivity index (χ0v) is 13.3. The predicted octanol–water partition coefficient (Wildman–Crippen LogP) is 3.53. The second-order valence-corrected chi connectivity index (χ2v) is 6.14. The van der Waals surface area contributed by atoms with Crippen LogP contribution in [0.15, 0.2) is 42.7 Å². The minimum atomic E-state index is -4.42. The van der Waals surface area contributed by atoms with Gasteiger partial charge in [0, 0.05) is 31.4 Å². The van der Waals surface area contributed by atoms with Gasteiger partial charge in [0.2, 0.25) is 0 Å². The van der Waals surface area contributed by atoms with E-state index in [2.05, 4.69) is 15.2 Å². The Bertz CT molecular complexity index is 889. The lowest BCUT2D eigenvalue weighted by Gasteiger charge is -2.34. The van der Waals surface area contributed by atoms with E-state index >= 15 is 0 Å². The molecule has 1 atom stereocenters. The van der Waals surface area contributed by atoms with E-state index in [1.165, 1.54) is 12.3 Å². The number of anilines is 1. The van der Waals surface area contributed by atoms with Gasteiger partial charge in [-0.15, -0.1) is 10.2 Å². The monoisotopic (exact) mass is 347 g/mol. The van der Waals surface area contributed by atoms with Crippen molar-refractivity contribution in [2.24, 2.45) is 0 Å². The van der Waals surface area contributed by atoms with E-state index in [1.807, 2.05) is 28.8 Å². The first kappa shape index (κ1) is 15.9. The summed E-state index contributed by atoms with van der Waals surface area (Å²) in [5.41, 5.74) is 0.0465. The fraction of sp³-hybridized carbons (Fsp3) is 0.353. The third kappa shape index (κ3) is 2.92. The first-order chi connectivity index (χ1) is 12.0. The van der Waals surface area contributed by atoms with Gasteiger partial charge in [-0.1, -0.05) is 6.07 Å². The second kappa shape index (κ2) is 6.02. The molecule has 1 aliphatic heterocycles. The van der Waals surface area contributed by atoms with Crippen molar-refractivity contribution in [3.05, 3.63) is 54.1 Å². The molecular formula is C17H16F3N5. The number of alkyl halides is 3. The summed E-state index contributed by atoms with van der Waals surface area (Å²) in [6, 6.07) is 8.03. The molecule has 25 heavy (non-hydrogen) atoms. The van der Waals surface area contributed by atoms with E-state index in [0.29, 0.717) is 13.1 Å². The van der Waals surface area contributed by atoms with E-state index < -0.39 is 11.7 Å². The molecule has 0 aromatic carbocycles. The molecule has 4 rings (SSSR count). The third-order valence-electron chi connectivity index (χ3n) is 4.52. The standard InChI is InChI=1S/C17H16F3N5/c18-17(19,20)13-6-3-8-21-16(13)24-9-4-5-12(11-24)15-23-22-14-7-1-2-10-25(14)15/h1-3,6-8,10,12H,4-5,9,11H2. The Morgan fingerprint density at radius 1 is 1.08 bits per heavy atom. The highest BCUT2D eigenvalue weighted by Gasteiger charge is 2.37. The highest BCUT2D eigenvalue weighted by atomic mass is 19.4. The molecule has 5 nitrogen and oxygen atoms in total. The minimum Gasteiger partial charge on any atom is -0.355 e. The van der Waals surface area contributed by atoms with Crippen LogP contribution in [-0.2, 0) is 6.18 Å². The fourth-order valence-electron chi connectivity index (χ4n) is 3.39. The van der Waals surface area contributed by atoms with E-state index in [-0.39, 0.29) is 11.7 Å². The Kier molecular flexibility index (Phi) is 3.82. The zero-order valence-electron chi connectivity index (χ0n) is 13.3. The first-order valence-electron chi connectivity index (χ1n) is 8.11. The first-order valence-corrected chi connectivity index (χ1v) is 8.11. The number of pyridine rings is 2. The van der Waals surface area contributed by atoms with Gasteiger partial charge in [-0.3, -0.25) is 4.40 Å². The summed E-state index contributed by atoms with van der Waals surface area (Å²) < 4.78 is 41.8. The number of rotatable bonds is 2. The molecule has 1 unspecified atom stereocenters. The quantitative estimate of drug-likeness (QED) is 0.712. The number of aromatic nitrogens is 4. The molecule has 0 saturated carbocycles. The van der Waals surface area contributed by atoms with Crippen molar-refractivity contribution in [3.8, 4) is 0 Å². The predicted molar refractivity (Wildman–Crippen MR) is 86.4 cm³/mol. The molecule has 3 aromatic rings. The number of hydrogen-bond donors (Lipinski definition) is 0. The third-order valence-corrected chi connectivity index (χ3v) is 4.52. The molecule has 1 aliphatic rings. The lowest BCUT2D eigenvalue weighted by molar-refractivity contribution is -0.137. The molecule has 0 amide bonds. The summed E-state index contributed by atoms with van der Waals surface area (Å²) in [7, 11) is 0. The molecule has 1 fully saturated rings. The van der Waals surface area contributed by atoms with Gasteiger partial charge in [-0.2, -0.15) is 13.2 Å². The van der Waals surface area contributed by atoms with Crippen LogP contribution in [0.1, 0.15) is 30.1 Å². The molecule has 0 aliphatic carbocycles. The van der Waals surface area contributed by atoms with Gasteiger partial charge in [0.05, 0.1) is 5.56 Å². The smallest absolute Gasteiger partial charge is 0.355 e. The number of halogens is 3. The highest BCUT2D eigenvalue weighted by molar-refractivity contribution is 5.49. The van der Waals surface area contributed by atoms with E-state index in [0.717, 1.165) is 30.4 Å². The Morgan fingerprint density at radius 3 is 2.80 bits per heavy atom. The van der Waals surface area contributed by atoms with Crippen LogP contribution in [0.25, 0.3) is 5.65 Å². The maximum atomic E-state index is 13.3. The minimum absolute atomic E-state index is 0.00600. The number of fused-ring (bicyclic) bond motifs is 1. The summed E-state index contributed by atoms with van der Waals surface area (Å²) in [6.45, 7) is 0.989. The molecule has 130 valence electrons. The number of nitrogens with zero attached hydrogens (tertiary/aromatic N) is 5. The van der Waals surface area contributed by atoms with Gasteiger partial charge < -0.3 is 4.90 Å². The molecule has 1 saturated heterocycles. The maximum absolute atomic E-state index is 13.3. The van der Waals surface area contributed by atoms with Crippen molar-refractivity contribution in [1.82, 2.24) is 19.6 Å². The van der Waals surface area contributed by atoms with Crippen molar-refractivity contribution in [1.29, 1.82) is 0 Å². The maximum Gasteiger partial charge on any atom is 0.419 e. The van der Waals surface area contributed by atoms with Crippen LogP contribution in [-0.4, -0.2) is 32.7 Å². The fourth-order valence-corrected chi connectivity index (χ4v) is 3.39. The highest BCUT2D eigenvalue weighted by Crippen LogP contribution is 2.37. The molecule has 8 heteroatoms. The summed E-state index contributed by atoms with van der Waals surface area (Å²) in [4.78, 5) is 5.72. The van der Waals surface area contributed by atoms with Crippen LogP contribution >= 0.6 is 0 Å². The van der Waals surface area contributed by atoms with Crippen molar-refractivity contribution < 1.29 is 13.2 Å². The van der Waals surface area contributed by atoms with Gasteiger partial charge in [-0.05, 0) is 37.1 Å². The largest absolute Gasteiger partial charge is 0.419 e. The van der Waals surface area contributed by atoms with Crippen molar-refractivity contribution in [2.45, 2.75) is 24.9 Å². The average molecular weight is 347 g/mol. The van der Waals surface area contributed by atoms with Crippen LogP contribution in [0, 0.1) is 0 Å². The molecule has 0 radical (unpaired) electrons.